The molecule has 4 nitrogen and oxygen atoms in total. The number of amides is 1. The Labute approximate surface area is 83.7 Å². The van der Waals surface area contributed by atoms with Crippen LogP contribution in [0.25, 0.3) is 0 Å². The van der Waals surface area contributed by atoms with Gasteiger partial charge in [-0.3, -0.25) is 4.79 Å². The zero-order valence-electron chi connectivity index (χ0n) is 8.83. The molecule has 0 aliphatic carbocycles. The first kappa shape index (κ1) is 10.8. The first-order valence-corrected chi connectivity index (χ1v) is 4.86. The highest BCUT2D eigenvalue weighted by Gasteiger charge is 2.12. The molecule has 0 fully saturated rings. The average Bonchev–Trinajstić information content (AvgIpc) is 2.52. The number of nitrogens with zero attached hydrogens (tertiary/aromatic N) is 1. The summed E-state index contributed by atoms with van der Waals surface area (Å²) in [6, 6.07) is 0.185. The van der Waals surface area contributed by atoms with Crippen molar-refractivity contribution in [3.8, 4) is 0 Å². The van der Waals surface area contributed by atoms with Gasteiger partial charge in [0.15, 0.2) is 11.6 Å². The third-order valence-corrected chi connectivity index (χ3v) is 1.95. The summed E-state index contributed by atoms with van der Waals surface area (Å²) in [5.74, 6) is 0.348. The molecule has 1 N–H and O–H groups in total. The summed E-state index contributed by atoms with van der Waals surface area (Å²) in [4.78, 5) is 15.5. The summed E-state index contributed by atoms with van der Waals surface area (Å²) < 4.78 is 4.96. The van der Waals surface area contributed by atoms with Crippen LogP contribution in [-0.4, -0.2) is 16.9 Å². The fraction of sp³-hybridized carbons (Fsp3) is 0.600. The molecule has 0 aromatic carbocycles. The van der Waals surface area contributed by atoms with Gasteiger partial charge in [-0.15, -0.1) is 0 Å². The van der Waals surface area contributed by atoms with Gasteiger partial charge in [-0.05, 0) is 13.3 Å². The molecule has 1 amide bonds. The van der Waals surface area contributed by atoms with Crippen molar-refractivity contribution in [1.29, 1.82) is 0 Å². The topological polar surface area (TPSA) is 55.1 Å². The van der Waals surface area contributed by atoms with Crippen LogP contribution in [0, 0.1) is 6.92 Å². The zero-order chi connectivity index (χ0) is 10.6. The molecule has 0 bridgehead atoms. The first-order valence-electron chi connectivity index (χ1n) is 4.86. The molecular weight excluding hydrogens is 180 g/mol. The molecule has 0 spiro atoms. The lowest BCUT2D eigenvalue weighted by atomic mass is 10.2. The molecule has 78 valence electrons. The van der Waals surface area contributed by atoms with Crippen LogP contribution in [0.3, 0.4) is 0 Å². The second-order valence-electron chi connectivity index (χ2n) is 3.41. The molecule has 4 heteroatoms. The molecule has 1 rings (SSSR count). The van der Waals surface area contributed by atoms with E-state index >= 15 is 0 Å². The van der Waals surface area contributed by atoms with Crippen molar-refractivity contribution < 1.29 is 9.21 Å². The van der Waals surface area contributed by atoms with E-state index in [0.29, 0.717) is 11.6 Å². The highest BCUT2D eigenvalue weighted by molar-refractivity contribution is 5.92. The Kier molecular flexibility index (Phi) is 3.68. The lowest BCUT2D eigenvalue weighted by molar-refractivity contribution is 0.0933. The normalized spacial score (nSPS) is 12.5. The molecule has 1 heterocycles. The zero-order valence-corrected chi connectivity index (χ0v) is 8.83. The van der Waals surface area contributed by atoms with Gasteiger partial charge in [0, 0.05) is 13.0 Å². The van der Waals surface area contributed by atoms with E-state index < -0.39 is 0 Å². The molecular formula is C10H16N2O2. The predicted octanol–water partition coefficient (Wildman–Crippen LogP) is 1.90. The van der Waals surface area contributed by atoms with Crippen LogP contribution >= 0.6 is 0 Å². The lowest BCUT2D eigenvalue weighted by Crippen LogP contribution is -2.32. The predicted molar refractivity (Wildman–Crippen MR) is 53.1 cm³/mol. The van der Waals surface area contributed by atoms with Crippen molar-refractivity contribution in [3.63, 3.8) is 0 Å². The van der Waals surface area contributed by atoms with Crippen LogP contribution < -0.4 is 5.32 Å². The fourth-order valence-corrected chi connectivity index (χ4v) is 1.27. The Bertz CT molecular complexity index is 307. The molecule has 1 unspecified atom stereocenters. The smallest absolute Gasteiger partial charge is 0.273 e. The Morgan fingerprint density at radius 1 is 1.71 bits per heavy atom. The number of hydrogen-bond donors (Lipinski definition) is 1. The van der Waals surface area contributed by atoms with Gasteiger partial charge in [-0.1, -0.05) is 13.3 Å². The van der Waals surface area contributed by atoms with E-state index in [4.69, 9.17) is 4.42 Å². The molecule has 14 heavy (non-hydrogen) atoms. The van der Waals surface area contributed by atoms with Crippen molar-refractivity contribution >= 4 is 5.91 Å². The standard InChI is InChI=1S/C10H16N2O2/c1-4-5-7(2)11-10(13)9-6-14-8(3)12-9/h6-7H,4-5H2,1-3H3,(H,11,13). The van der Waals surface area contributed by atoms with Gasteiger partial charge in [0.25, 0.3) is 5.91 Å². The molecule has 1 atom stereocenters. The van der Waals surface area contributed by atoms with E-state index in [1.807, 2.05) is 6.92 Å². The summed E-state index contributed by atoms with van der Waals surface area (Å²) in [5, 5.41) is 2.85. The molecule has 0 radical (unpaired) electrons. The quantitative estimate of drug-likeness (QED) is 0.800. The largest absolute Gasteiger partial charge is 0.448 e. The maximum Gasteiger partial charge on any atom is 0.273 e. The molecule has 0 saturated heterocycles. The van der Waals surface area contributed by atoms with Crippen LogP contribution in [0.5, 0.6) is 0 Å². The fourth-order valence-electron chi connectivity index (χ4n) is 1.27. The van der Waals surface area contributed by atoms with Gasteiger partial charge in [-0.2, -0.15) is 0 Å². The second kappa shape index (κ2) is 4.79. The molecule has 0 saturated carbocycles. The minimum Gasteiger partial charge on any atom is -0.448 e. The van der Waals surface area contributed by atoms with Crippen molar-refractivity contribution in [3.05, 3.63) is 17.8 Å². The second-order valence-corrected chi connectivity index (χ2v) is 3.41. The van der Waals surface area contributed by atoms with E-state index in [1.54, 1.807) is 6.92 Å². The highest BCUT2D eigenvalue weighted by Crippen LogP contribution is 2.02. The number of aromatic nitrogens is 1. The summed E-state index contributed by atoms with van der Waals surface area (Å²) >= 11 is 0. The SMILES string of the molecule is CCCC(C)NC(=O)c1coc(C)n1. The maximum atomic E-state index is 11.5. The summed E-state index contributed by atoms with van der Waals surface area (Å²) in [6.45, 7) is 5.78. The summed E-state index contributed by atoms with van der Waals surface area (Å²) in [7, 11) is 0. The Hall–Kier alpha value is -1.32. The van der Waals surface area contributed by atoms with Crippen LogP contribution in [0.1, 0.15) is 43.1 Å². The molecule has 0 aliphatic heterocycles. The van der Waals surface area contributed by atoms with Crippen molar-refractivity contribution in [2.45, 2.75) is 39.7 Å². The van der Waals surface area contributed by atoms with Crippen LogP contribution in [0.4, 0.5) is 0 Å². The number of carbonyl (C=O) groups excluding carboxylic acids is 1. The van der Waals surface area contributed by atoms with Gasteiger partial charge in [-0.25, -0.2) is 4.98 Å². The third kappa shape index (κ3) is 2.87. The van der Waals surface area contributed by atoms with E-state index in [0.717, 1.165) is 12.8 Å². The van der Waals surface area contributed by atoms with E-state index in [1.165, 1.54) is 6.26 Å². The van der Waals surface area contributed by atoms with Gasteiger partial charge in [0.05, 0.1) is 0 Å². The maximum absolute atomic E-state index is 11.5. The van der Waals surface area contributed by atoms with Gasteiger partial charge >= 0.3 is 0 Å². The number of aryl methyl sites for hydroxylation is 1. The first-order chi connectivity index (χ1) is 6.63. The summed E-state index contributed by atoms with van der Waals surface area (Å²) in [6.07, 6.45) is 3.41. The monoisotopic (exact) mass is 196 g/mol. The van der Waals surface area contributed by atoms with Crippen LogP contribution in [-0.2, 0) is 0 Å². The lowest BCUT2D eigenvalue weighted by Gasteiger charge is -2.10. The molecule has 0 aliphatic rings. The van der Waals surface area contributed by atoms with Gasteiger partial charge in [0.2, 0.25) is 0 Å². The van der Waals surface area contributed by atoms with Crippen molar-refractivity contribution in [1.82, 2.24) is 10.3 Å². The number of nitrogens with one attached hydrogen (secondary N) is 1. The molecule has 1 aromatic rings. The van der Waals surface area contributed by atoms with Crippen LogP contribution in [0.2, 0.25) is 0 Å². The van der Waals surface area contributed by atoms with Gasteiger partial charge in [0.1, 0.15) is 6.26 Å². The number of oxazole rings is 1. The Balaban J connectivity index is 2.50. The van der Waals surface area contributed by atoms with Crippen molar-refractivity contribution in [2.75, 3.05) is 0 Å². The Morgan fingerprint density at radius 2 is 2.43 bits per heavy atom. The minimum absolute atomic E-state index is 0.164. The average molecular weight is 196 g/mol. The number of hydrogen-bond acceptors (Lipinski definition) is 3. The van der Waals surface area contributed by atoms with E-state index in [2.05, 4.69) is 17.2 Å². The van der Waals surface area contributed by atoms with Crippen LogP contribution in [0.15, 0.2) is 10.7 Å². The number of carbonyl (C=O) groups is 1. The highest BCUT2D eigenvalue weighted by atomic mass is 16.3. The van der Waals surface area contributed by atoms with Gasteiger partial charge < -0.3 is 9.73 Å². The molecule has 1 aromatic heterocycles. The Morgan fingerprint density at radius 3 is 2.93 bits per heavy atom. The number of rotatable bonds is 4. The third-order valence-electron chi connectivity index (χ3n) is 1.95. The minimum atomic E-state index is -0.164. The van der Waals surface area contributed by atoms with E-state index in [-0.39, 0.29) is 11.9 Å². The van der Waals surface area contributed by atoms with E-state index in [9.17, 15) is 4.79 Å². The van der Waals surface area contributed by atoms with Crippen molar-refractivity contribution in [2.24, 2.45) is 0 Å². The summed E-state index contributed by atoms with van der Waals surface area (Å²) in [5.41, 5.74) is 0.352.